The first-order valence-electron chi connectivity index (χ1n) is 8.82. The zero-order valence-electron chi connectivity index (χ0n) is 16.6. The summed E-state index contributed by atoms with van der Waals surface area (Å²) < 4.78 is 62.1. The Hall–Kier alpha value is -3.85. The number of anilines is 1. The van der Waals surface area contributed by atoms with E-state index in [1.165, 1.54) is 24.5 Å². The van der Waals surface area contributed by atoms with Crippen molar-refractivity contribution in [1.82, 2.24) is 15.0 Å². The van der Waals surface area contributed by atoms with Gasteiger partial charge < -0.3 is 5.32 Å². The molecule has 3 rings (SSSR count). The number of carbonyl (C=O) groups is 1. The first-order chi connectivity index (χ1) is 14.9. The molecule has 164 valence electrons. The standard InChI is InChI=1S/C20H14F3N5O3S/c1-11-16(14-5-13(8-24)19(27-9-14)32(2,30)31)7-15(10-26-11)28-18(29)12-3-4-25-17(6-12)20(21,22)23/h3-7,9-10H,1-2H3,(H,28,29). The predicted molar refractivity (Wildman–Crippen MR) is 107 cm³/mol. The van der Waals surface area contributed by atoms with E-state index in [0.717, 1.165) is 18.5 Å². The van der Waals surface area contributed by atoms with Gasteiger partial charge in [0.15, 0.2) is 14.9 Å². The van der Waals surface area contributed by atoms with Crippen LogP contribution in [0.25, 0.3) is 11.1 Å². The van der Waals surface area contributed by atoms with Gasteiger partial charge in [0, 0.05) is 41.0 Å². The molecule has 32 heavy (non-hydrogen) atoms. The number of rotatable bonds is 4. The van der Waals surface area contributed by atoms with Gasteiger partial charge in [-0.2, -0.15) is 18.4 Å². The molecule has 3 aromatic rings. The zero-order valence-corrected chi connectivity index (χ0v) is 17.4. The molecule has 3 aromatic heterocycles. The Bertz CT molecular complexity index is 1370. The van der Waals surface area contributed by atoms with Crippen LogP contribution in [0.3, 0.4) is 0 Å². The Morgan fingerprint density at radius 1 is 1.12 bits per heavy atom. The summed E-state index contributed by atoms with van der Waals surface area (Å²) in [6.45, 7) is 1.65. The van der Waals surface area contributed by atoms with Crippen LogP contribution in [0, 0.1) is 18.3 Å². The number of amides is 1. The predicted octanol–water partition coefficient (Wildman–Crippen LogP) is 3.39. The maximum absolute atomic E-state index is 12.8. The molecule has 1 N–H and O–H groups in total. The fourth-order valence-corrected chi connectivity index (χ4v) is 3.55. The minimum Gasteiger partial charge on any atom is -0.321 e. The third-order valence-electron chi connectivity index (χ3n) is 4.29. The smallest absolute Gasteiger partial charge is 0.321 e. The van der Waals surface area contributed by atoms with E-state index in [1.807, 2.05) is 0 Å². The van der Waals surface area contributed by atoms with E-state index in [4.69, 9.17) is 0 Å². The van der Waals surface area contributed by atoms with Crippen molar-refractivity contribution in [2.45, 2.75) is 18.1 Å². The van der Waals surface area contributed by atoms with Crippen molar-refractivity contribution in [2.75, 3.05) is 11.6 Å². The lowest BCUT2D eigenvalue weighted by molar-refractivity contribution is -0.141. The van der Waals surface area contributed by atoms with Crippen LogP contribution in [0.15, 0.2) is 47.9 Å². The molecule has 0 radical (unpaired) electrons. The Kier molecular flexibility index (Phi) is 5.96. The van der Waals surface area contributed by atoms with Crippen molar-refractivity contribution in [3.8, 4) is 17.2 Å². The van der Waals surface area contributed by atoms with Crippen molar-refractivity contribution in [3.63, 3.8) is 0 Å². The largest absolute Gasteiger partial charge is 0.433 e. The van der Waals surface area contributed by atoms with E-state index in [0.29, 0.717) is 22.9 Å². The summed E-state index contributed by atoms with van der Waals surface area (Å²) in [5.74, 6) is -0.808. The monoisotopic (exact) mass is 461 g/mol. The third kappa shape index (κ3) is 4.89. The molecule has 3 heterocycles. The van der Waals surface area contributed by atoms with Crippen LogP contribution in [0.2, 0.25) is 0 Å². The summed E-state index contributed by atoms with van der Waals surface area (Å²) in [6.07, 6.45) is -0.313. The number of hydrogen-bond donors (Lipinski definition) is 1. The molecule has 0 saturated carbocycles. The van der Waals surface area contributed by atoms with Crippen molar-refractivity contribution in [1.29, 1.82) is 5.26 Å². The molecule has 1 amide bonds. The number of alkyl halides is 3. The Morgan fingerprint density at radius 3 is 2.47 bits per heavy atom. The lowest BCUT2D eigenvalue weighted by atomic mass is 10.0. The highest BCUT2D eigenvalue weighted by Crippen LogP contribution is 2.29. The van der Waals surface area contributed by atoms with Crippen LogP contribution in [0.5, 0.6) is 0 Å². The van der Waals surface area contributed by atoms with Gasteiger partial charge in [-0.15, -0.1) is 0 Å². The minimum absolute atomic E-state index is 0.157. The van der Waals surface area contributed by atoms with Crippen LogP contribution in [-0.2, 0) is 16.0 Å². The summed E-state index contributed by atoms with van der Waals surface area (Å²) in [7, 11) is -3.71. The fraction of sp³-hybridized carbons (Fsp3) is 0.150. The molecule has 0 spiro atoms. The van der Waals surface area contributed by atoms with E-state index in [1.54, 1.807) is 13.0 Å². The van der Waals surface area contributed by atoms with Crippen molar-refractivity contribution in [2.24, 2.45) is 0 Å². The number of carbonyl (C=O) groups excluding carboxylic acids is 1. The molecular formula is C20H14F3N5O3S. The first kappa shape index (κ1) is 22.8. The number of nitrogens with one attached hydrogen (secondary N) is 1. The number of sulfone groups is 1. The van der Waals surface area contributed by atoms with Crippen molar-refractivity contribution in [3.05, 3.63) is 65.4 Å². The Morgan fingerprint density at radius 2 is 1.84 bits per heavy atom. The topological polar surface area (TPSA) is 126 Å². The highest BCUT2D eigenvalue weighted by Gasteiger charge is 2.33. The minimum atomic E-state index is -4.70. The number of aryl methyl sites for hydroxylation is 1. The first-order valence-corrected chi connectivity index (χ1v) is 10.7. The SMILES string of the molecule is Cc1ncc(NC(=O)c2ccnc(C(F)(F)F)c2)cc1-c1cnc(S(C)(=O)=O)c(C#N)c1. The van der Waals surface area contributed by atoms with E-state index in [9.17, 15) is 31.6 Å². The average molecular weight is 461 g/mol. The molecule has 0 bridgehead atoms. The highest BCUT2D eigenvalue weighted by molar-refractivity contribution is 7.90. The molecule has 0 aliphatic rings. The van der Waals surface area contributed by atoms with Gasteiger partial charge >= 0.3 is 6.18 Å². The van der Waals surface area contributed by atoms with Crippen molar-refractivity contribution < 1.29 is 26.4 Å². The van der Waals surface area contributed by atoms with Gasteiger partial charge in [-0.3, -0.25) is 14.8 Å². The number of pyridine rings is 3. The van der Waals surface area contributed by atoms with Gasteiger partial charge in [-0.05, 0) is 31.2 Å². The van der Waals surface area contributed by atoms with Crippen LogP contribution in [-0.4, -0.2) is 35.5 Å². The molecule has 0 aromatic carbocycles. The fourth-order valence-electron chi connectivity index (χ4n) is 2.80. The van der Waals surface area contributed by atoms with Gasteiger partial charge in [0.1, 0.15) is 11.8 Å². The molecule has 0 unspecified atom stereocenters. The molecular weight excluding hydrogens is 447 g/mol. The molecule has 0 aliphatic heterocycles. The second kappa shape index (κ2) is 8.35. The van der Waals surface area contributed by atoms with Crippen molar-refractivity contribution >= 4 is 21.4 Å². The number of halogens is 3. The molecule has 0 fully saturated rings. The number of hydrogen-bond acceptors (Lipinski definition) is 7. The lowest BCUT2D eigenvalue weighted by Gasteiger charge is -2.11. The van der Waals surface area contributed by atoms with E-state index in [-0.39, 0.29) is 21.8 Å². The summed E-state index contributed by atoms with van der Waals surface area (Å²) in [4.78, 5) is 23.7. The maximum atomic E-state index is 12.8. The summed E-state index contributed by atoms with van der Waals surface area (Å²) in [5.41, 5.74) is -0.128. The van der Waals surface area contributed by atoms with E-state index in [2.05, 4.69) is 20.3 Å². The van der Waals surface area contributed by atoms with Crippen LogP contribution in [0.4, 0.5) is 18.9 Å². The lowest BCUT2D eigenvalue weighted by Crippen LogP contribution is -2.15. The highest BCUT2D eigenvalue weighted by atomic mass is 32.2. The second-order valence-corrected chi connectivity index (χ2v) is 8.63. The normalized spacial score (nSPS) is 11.6. The van der Waals surface area contributed by atoms with Crippen LogP contribution in [0.1, 0.15) is 27.3 Å². The van der Waals surface area contributed by atoms with Gasteiger partial charge in [0.2, 0.25) is 0 Å². The average Bonchev–Trinajstić information content (AvgIpc) is 2.73. The maximum Gasteiger partial charge on any atom is 0.433 e. The van der Waals surface area contributed by atoms with E-state index < -0.39 is 27.6 Å². The van der Waals surface area contributed by atoms with Crippen LogP contribution < -0.4 is 5.32 Å². The number of aromatic nitrogens is 3. The van der Waals surface area contributed by atoms with E-state index >= 15 is 0 Å². The molecule has 8 nitrogen and oxygen atoms in total. The third-order valence-corrected chi connectivity index (χ3v) is 5.32. The Labute approximate surface area is 180 Å². The Balaban J connectivity index is 1.95. The number of nitrogens with zero attached hydrogens (tertiary/aromatic N) is 4. The number of nitriles is 1. The summed E-state index contributed by atoms with van der Waals surface area (Å²) >= 11 is 0. The molecule has 12 heteroatoms. The summed E-state index contributed by atoms with van der Waals surface area (Å²) in [5, 5.41) is 11.4. The second-order valence-electron chi connectivity index (χ2n) is 6.70. The quantitative estimate of drug-likeness (QED) is 0.631. The zero-order chi connectivity index (χ0) is 23.7. The van der Waals surface area contributed by atoms with Crippen LogP contribution >= 0.6 is 0 Å². The van der Waals surface area contributed by atoms with Gasteiger partial charge in [-0.25, -0.2) is 13.4 Å². The molecule has 0 aliphatic carbocycles. The van der Waals surface area contributed by atoms with Gasteiger partial charge in [-0.1, -0.05) is 0 Å². The summed E-state index contributed by atoms with van der Waals surface area (Å²) in [6, 6.07) is 6.38. The van der Waals surface area contributed by atoms with Gasteiger partial charge in [0.05, 0.1) is 17.4 Å². The van der Waals surface area contributed by atoms with Gasteiger partial charge in [0.25, 0.3) is 5.91 Å². The molecule has 0 atom stereocenters. The molecule has 0 saturated heterocycles.